The van der Waals surface area contributed by atoms with Gasteiger partial charge in [-0.1, -0.05) is 11.6 Å². The summed E-state index contributed by atoms with van der Waals surface area (Å²) in [5.74, 6) is -1.04. The van der Waals surface area contributed by atoms with Gasteiger partial charge in [-0.25, -0.2) is 13.1 Å². The van der Waals surface area contributed by atoms with Gasteiger partial charge < -0.3 is 11.1 Å². The number of halogens is 1. The number of rotatable bonds is 4. The average Bonchev–Trinajstić information content (AvgIpc) is 2.64. The molecule has 2 amide bonds. The van der Waals surface area contributed by atoms with Crippen LogP contribution in [0.5, 0.6) is 0 Å². The lowest BCUT2D eigenvalue weighted by Gasteiger charge is -2.09. The van der Waals surface area contributed by atoms with E-state index in [2.05, 4.69) is 5.32 Å². The van der Waals surface area contributed by atoms with E-state index in [1.807, 2.05) is 4.72 Å². The number of carbonyl (C=O) groups excluding carboxylic acids is 2. The second-order valence-electron chi connectivity index (χ2n) is 3.96. The van der Waals surface area contributed by atoms with Gasteiger partial charge in [0.15, 0.2) is 0 Å². The van der Waals surface area contributed by atoms with Crippen LogP contribution in [0.4, 0.5) is 5.69 Å². The second kappa shape index (κ2) is 4.80. The fourth-order valence-electron chi connectivity index (χ4n) is 1.68. The molecule has 0 bridgehead atoms. The van der Waals surface area contributed by atoms with Gasteiger partial charge in [0.25, 0.3) is 0 Å². The Morgan fingerprint density at radius 3 is 2.79 bits per heavy atom. The standard InChI is InChI=1S/C10H10ClN3O4S/c11-6-3-7-5(2-10(16)14-7)1-8(6)19(17,18)13-4-9(12)15/h1,3,13H,2,4H2,(H2,12,15)(H,14,16). The zero-order valence-electron chi connectivity index (χ0n) is 9.57. The minimum Gasteiger partial charge on any atom is -0.369 e. The number of amides is 2. The molecule has 9 heteroatoms. The highest BCUT2D eigenvalue weighted by Crippen LogP contribution is 2.31. The molecule has 1 aromatic carbocycles. The summed E-state index contributed by atoms with van der Waals surface area (Å²) in [6.45, 7) is -0.521. The van der Waals surface area contributed by atoms with Crippen LogP contribution in [0, 0.1) is 0 Å². The summed E-state index contributed by atoms with van der Waals surface area (Å²) < 4.78 is 25.9. The Bertz CT molecular complexity index is 672. The quantitative estimate of drug-likeness (QED) is 0.701. The minimum absolute atomic E-state index is 0.0436. The van der Waals surface area contributed by atoms with E-state index >= 15 is 0 Å². The third-order valence-corrected chi connectivity index (χ3v) is 4.37. The number of sulfonamides is 1. The van der Waals surface area contributed by atoms with Crippen molar-refractivity contribution < 1.29 is 18.0 Å². The highest BCUT2D eigenvalue weighted by atomic mass is 35.5. The van der Waals surface area contributed by atoms with E-state index in [4.69, 9.17) is 17.3 Å². The lowest BCUT2D eigenvalue weighted by molar-refractivity contribution is -0.117. The molecule has 1 aliphatic rings. The largest absolute Gasteiger partial charge is 0.369 e. The number of hydrogen-bond donors (Lipinski definition) is 3. The van der Waals surface area contributed by atoms with E-state index in [0.29, 0.717) is 11.3 Å². The molecule has 1 heterocycles. The first kappa shape index (κ1) is 13.8. The Morgan fingerprint density at radius 1 is 1.47 bits per heavy atom. The van der Waals surface area contributed by atoms with Gasteiger partial charge in [0.2, 0.25) is 21.8 Å². The third-order valence-electron chi connectivity index (χ3n) is 2.51. The molecular formula is C10H10ClN3O4S. The van der Waals surface area contributed by atoms with Gasteiger partial charge in [0.05, 0.1) is 18.0 Å². The maximum absolute atomic E-state index is 11.9. The molecule has 1 aliphatic heterocycles. The lowest BCUT2D eigenvalue weighted by Crippen LogP contribution is -2.33. The lowest BCUT2D eigenvalue weighted by atomic mass is 10.2. The molecule has 4 N–H and O–H groups in total. The van der Waals surface area contributed by atoms with Crippen LogP contribution in [0.3, 0.4) is 0 Å². The summed E-state index contributed by atoms with van der Waals surface area (Å²) in [5.41, 5.74) is 5.90. The van der Waals surface area contributed by atoms with Crippen molar-refractivity contribution in [1.29, 1.82) is 0 Å². The zero-order valence-corrected chi connectivity index (χ0v) is 11.1. The first-order valence-electron chi connectivity index (χ1n) is 5.20. The predicted octanol–water partition coefficient (Wildman–Crippen LogP) is -0.402. The van der Waals surface area contributed by atoms with Crippen molar-refractivity contribution in [2.24, 2.45) is 5.73 Å². The maximum atomic E-state index is 11.9. The predicted molar refractivity (Wildman–Crippen MR) is 68.2 cm³/mol. The molecule has 0 radical (unpaired) electrons. The summed E-state index contributed by atoms with van der Waals surface area (Å²) in [5, 5.41) is 2.51. The Kier molecular flexibility index (Phi) is 3.48. The van der Waals surface area contributed by atoms with E-state index in [-0.39, 0.29) is 22.2 Å². The average molecular weight is 304 g/mol. The van der Waals surface area contributed by atoms with Crippen molar-refractivity contribution in [2.75, 3.05) is 11.9 Å². The first-order chi connectivity index (χ1) is 8.79. The molecule has 0 atom stereocenters. The first-order valence-corrected chi connectivity index (χ1v) is 7.06. The number of nitrogens with one attached hydrogen (secondary N) is 2. The molecule has 0 saturated heterocycles. The SMILES string of the molecule is NC(=O)CNS(=O)(=O)c1cc2c(cc1Cl)NC(=O)C2. The van der Waals surface area contributed by atoms with E-state index in [1.165, 1.54) is 12.1 Å². The highest BCUT2D eigenvalue weighted by molar-refractivity contribution is 7.89. The molecule has 0 fully saturated rings. The topological polar surface area (TPSA) is 118 Å². The van der Waals surface area contributed by atoms with Crippen molar-refractivity contribution in [3.8, 4) is 0 Å². The van der Waals surface area contributed by atoms with Crippen LogP contribution in [-0.4, -0.2) is 26.8 Å². The van der Waals surface area contributed by atoms with Crippen LogP contribution in [0.2, 0.25) is 5.02 Å². The Labute approximate surface area is 114 Å². The zero-order chi connectivity index (χ0) is 14.2. The fourth-order valence-corrected chi connectivity index (χ4v) is 3.24. The van der Waals surface area contributed by atoms with Crippen LogP contribution in [0.15, 0.2) is 17.0 Å². The summed E-state index contributed by atoms with van der Waals surface area (Å²) in [4.78, 5) is 21.6. The summed E-state index contributed by atoms with van der Waals surface area (Å²) in [6, 6.07) is 2.67. The molecule has 0 spiro atoms. The van der Waals surface area contributed by atoms with E-state index in [9.17, 15) is 18.0 Å². The second-order valence-corrected chi connectivity index (χ2v) is 6.10. The monoisotopic (exact) mass is 303 g/mol. The van der Waals surface area contributed by atoms with E-state index in [1.54, 1.807) is 0 Å². The van der Waals surface area contributed by atoms with Crippen LogP contribution < -0.4 is 15.8 Å². The van der Waals surface area contributed by atoms with Gasteiger partial charge in [-0.3, -0.25) is 9.59 Å². The molecule has 0 saturated carbocycles. The number of anilines is 1. The molecule has 0 aliphatic carbocycles. The number of primary amides is 1. The smallest absolute Gasteiger partial charge is 0.242 e. The van der Waals surface area contributed by atoms with Crippen molar-refractivity contribution in [3.05, 3.63) is 22.7 Å². The van der Waals surface area contributed by atoms with Crippen LogP contribution in [-0.2, 0) is 26.0 Å². The van der Waals surface area contributed by atoms with Crippen LogP contribution >= 0.6 is 11.6 Å². The Balaban J connectivity index is 2.38. The van der Waals surface area contributed by atoms with Gasteiger partial charge in [0, 0.05) is 5.69 Å². The van der Waals surface area contributed by atoms with Gasteiger partial charge in [-0.2, -0.15) is 0 Å². The molecule has 102 valence electrons. The van der Waals surface area contributed by atoms with Crippen molar-refractivity contribution in [1.82, 2.24) is 4.72 Å². The van der Waals surface area contributed by atoms with E-state index in [0.717, 1.165) is 0 Å². The van der Waals surface area contributed by atoms with Crippen molar-refractivity contribution >= 4 is 39.1 Å². The molecule has 0 aromatic heterocycles. The number of carbonyl (C=O) groups is 2. The van der Waals surface area contributed by atoms with E-state index < -0.39 is 22.5 Å². The Hall–Kier alpha value is -1.64. The minimum atomic E-state index is -3.95. The van der Waals surface area contributed by atoms with Gasteiger partial charge in [-0.15, -0.1) is 0 Å². The Morgan fingerprint density at radius 2 is 2.16 bits per heavy atom. The number of fused-ring (bicyclic) bond motifs is 1. The third kappa shape index (κ3) is 2.86. The van der Waals surface area contributed by atoms with Gasteiger partial charge in [0.1, 0.15) is 4.90 Å². The van der Waals surface area contributed by atoms with Crippen molar-refractivity contribution in [3.63, 3.8) is 0 Å². The summed E-state index contributed by atoms with van der Waals surface area (Å²) in [6.07, 6.45) is 0.0881. The number of nitrogens with two attached hydrogens (primary N) is 1. The summed E-state index contributed by atoms with van der Waals surface area (Å²) in [7, 11) is -3.95. The fraction of sp³-hybridized carbons (Fsp3) is 0.200. The van der Waals surface area contributed by atoms with Gasteiger partial charge in [-0.05, 0) is 17.7 Å². The normalized spacial score (nSPS) is 14.1. The molecule has 19 heavy (non-hydrogen) atoms. The van der Waals surface area contributed by atoms with Crippen LogP contribution in [0.25, 0.3) is 0 Å². The molecule has 0 unspecified atom stereocenters. The van der Waals surface area contributed by atoms with Crippen LogP contribution in [0.1, 0.15) is 5.56 Å². The molecule has 7 nitrogen and oxygen atoms in total. The maximum Gasteiger partial charge on any atom is 0.242 e. The number of hydrogen-bond acceptors (Lipinski definition) is 4. The highest BCUT2D eigenvalue weighted by Gasteiger charge is 2.25. The molecular weight excluding hydrogens is 294 g/mol. The molecule has 2 rings (SSSR count). The number of benzene rings is 1. The van der Waals surface area contributed by atoms with Crippen molar-refractivity contribution in [2.45, 2.75) is 11.3 Å². The van der Waals surface area contributed by atoms with Gasteiger partial charge >= 0.3 is 0 Å². The summed E-state index contributed by atoms with van der Waals surface area (Å²) >= 11 is 5.87. The molecule has 1 aromatic rings.